The van der Waals surface area contributed by atoms with E-state index in [1.807, 2.05) is 6.07 Å². The average molecular weight is 402 g/mol. The van der Waals surface area contributed by atoms with Crippen molar-refractivity contribution in [3.8, 4) is 0 Å². The molecule has 104 valence electrons. The van der Waals surface area contributed by atoms with Gasteiger partial charge >= 0.3 is 0 Å². The van der Waals surface area contributed by atoms with Gasteiger partial charge in [0, 0.05) is 21.0 Å². The number of carbonyl (C=O) groups is 1. The van der Waals surface area contributed by atoms with Gasteiger partial charge in [0.1, 0.15) is 11.0 Å². The second-order valence-electron chi connectivity index (χ2n) is 4.24. The molecule has 0 unspecified atom stereocenters. The molecule has 0 aromatic carbocycles. The van der Waals surface area contributed by atoms with E-state index in [0.717, 1.165) is 22.1 Å². The zero-order chi connectivity index (χ0) is 14.5. The van der Waals surface area contributed by atoms with E-state index in [2.05, 4.69) is 44.8 Å². The van der Waals surface area contributed by atoms with Crippen molar-refractivity contribution < 1.29 is 4.79 Å². The number of aromatic nitrogens is 2. The molecule has 4 nitrogen and oxygen atoms in total. The lowest BCUT2D eigenvalue weighted by Gasteiger charge is -2.06. The Hall–Kier alpha value is -1.21. The molecule has 20 heavy (non-hydrogen) atoms. The van der Waals surface area contributed by atoms with Gasteiger partial charge < -0.3 is 5.32 Å². The standard InChI is InChI=1S/C14H13ClIN3O/c1-2-3-11-6-9(7-12(15)18-11)14(20)19-13-5-4-10(16)8-17-13/h4-8H,2-3H2,1H3,(H,17,19,20). The summed E-state index contributed by atoms with van der Waals surface area (Å²) in [5.74, 6) is 0.278. The minimum atomic E-state index is -0.236. The Morgan fingerprint density at radius 1 is 1.40 bits per heavy atom. The molecule has 0 atom stereocenters. The van der Waals surface area contributed by atoms with Crippen molar-refractivity contribution in [3.63, 3.8) is 0 Å². The molecular weight excluding hydrogens is 389 g/mol. The second-order valence-corrected chi connectivity index (χ2v) is 5.87. The molecule has 0 bridgehead atoms. The van der Waals surface area contributed by atoms with E-state index < -0.39 is 0 Å². The fraction of sp³-hybridized carbons (Fsp3) is 0.214. The maximum absolute atomic E-state index is 12.2. The molecule has 2 rings (SSSR count). The summed E-state index contributed by atoms with van der Waals surface area (Å²) >= 11 is 8.10. The molecule has 0 aliphatic carbocycles. The monoisotopic (exact) mass is 401 g/mol. The zero-order valence-electron chi connectivity index (χ0n) is 10.9. The number of rotatable bonds is 4. The quantitative estimate of drug-likeness (QED) is 0.624. The highest BCUT2D eigenvalue weighted by Crippen LogP contribution is 2.14. The molecule has 2 aromatic rings. The van der Waals surface area contributed by atoms with Crippen molar-refractivity contribution in [2.24, 2.45) is 0 Å². The Labute approximate surface area is 136 Å². The number of hydrogen-bond acceptors (Lipinski definition) is 3. The largest absolute Gasteiger partial charge is 0.307 e. The number of halogens is 2. The van der Waals surface area contributed by atoms with E-state index >= 15 is 0 Å². The van der Waals surface area contributed by atoms with Crippen molar-refractivity contribution in [2.75, 3.05) is 5.32 Å². The number of anilines is 1. The number of amides is 1. The molecule has 0 saturated carbocycles. The van der Waals surface area contributed by atoms with Gasteiger partial charge in [-0.3, -0.25) is 4.79 Å². The summed E-state index contributed by atoms with van der Waals surface area (Å²) in [7, 11) is 0. The van der Waals surface area contributed by atoms with E-state index in [1.165, 1.54) is 0 Å². The molecule has 0 radical (unpaired) electrons. The van der Waals surface area contributed by atoms with Gasteiger partial charge in [0.25, 0.3) is 5.91 Å². The maximum Gasteiger partial charge on any atom is 0.256 e. The first kappa shape index (κ1) is 15.2. The zero-order valence-corrected chi connectivity index (χ0v) is 13.8. The Bertz CT molecular complexity index is 616. The highest BCUT2D eigenvalue weighted by molar-refractivity contribution is 14.1. The molecule has 1 amide bonds. The molecule has 6 heteroatoms. The summed E-state index contributed by atoms with van der Waals surface area (Å²) in [4.78, 5) is 20.5. The second kappa shape index (κ2) is 6.99. The van der Waals surface area contributed by atoms with Crippen molar-refractivity contribution in [1.82, 2.24) is 9.97 Å². The van der Waals surface area contributed by atoms with Crippen LogP contribution >= 0.6 is 34.2 Å². The van der Waals surface area contributed by atoms with Crippen LogP contribution in [0, 0.1) is 3.57 Å². The lowest BCUT2D eigenvalue weighted by atomic mass is 10.1. The van der Waals surface area contributed by atoms with E-state index in [1.54, 1.807) is 24.4 Å². The molecule has 0 saturated heterocycles. The Morgan fingerprint density at radius 2 is 2.20 bits per heavy atom. The number of nitrogens with one attached hydrogen (secondary N) is 1. The summed E-state index contributed by atoms with van der Waals surface area (Å²) in [6, 6.07) is 6.96. The summed E-state index contributed by atoms with van der Waals surface area (Å²) < 4.78 is 1.01. The third-order valence-electron chi connectivity index (χ3n) is 2.58. The van der Waals surface area contributed by atoms with Crippen molar-refractivity contribution in [1.29, 1.82) is 0 Å². The highest BCUT2D eigenvalue weighted by Gasteiger charge is 2.10. The van der Waals surface area contributed by atoms with Gasteiger partial charge in [0.15, 0.2) is 0 Å². The maximum atomic E-state index is 12.2. The summed E-state index contributed by atoms with van der Waals surface area (Å²) in [5, 5.41) is 3.07. The third-order valence-corrected chi connectivity index (χ3v) is 3.42. The number of carbonyl (C=O) groups excluding carboxylic acids is 1. The Balaban J connectivity index is 2.18. The molecule has 2 aromatic heterocycles. The van der Waals surface area contributed by atoms with Gasteiger partial charge in [-0.15, -0.1) is 0 Å². The van der Waals surface area contributed by atoms with Gasteiger partial charge in [-0.25, -0.2) is 9.97 Å². The molecule has 1 N–H and O–H groups in total. The van der Waals surface area contributed by atoms with Crippen LogP contribution in [0.2, 0.25) is 5.15 Å². The van der Waals surface area contributed by atoms with Gasteiger partial charge in [-0.1, -0.05) is 24.9 Å². The first-order chi connectivity index (χ1) is 9.58. The highest BCUT2D eigenvalue weighted by atomic mass is 127. The summed E-state index contributed by atoms with van der Waals surface area (Å²) in [5.41, 5.74) is 1.31. The normalized spacial score (nSPS) is 10.3. The first-order valence-corrected chi connectivity index (χ1v) is 7.63. The molecule has 0 aliphatic heterocycles. The van der Waals surface area contributed by atoms with Crippen LogP contribution in [0.15, 0.2) is 30.5 Å². The smallest absolute Gasteiger partial charge is 0.256 e. The minimum absolute atomic E-state index is 0.236. The molecule has 2 heterocycles. The van der Waals surface area contributed by atoms with Crippen molar-refractivity contribution >= 4 is 45.9 Å². The van der Waals surface area contributed by atoms with Gasteiger partial charge in [-0.2, -0.15) is 0 Å². The van der Waals surface area contributed by atoms with E-state index in [9.17, 15) is 4.79 Å². The third kappa shape index (κ3) is 4.14. The Kier molecular flexibility index (Phi) is 5.31. The average Bonchev–Trinajstić information content (AvgIpc) is 2.41. The molecule has 0 spiro atoms. The number of aryl methyl sites for hydroxylation is 1. The predicted molar refractivity (Wildman–Crippen MR) is 88.1 cm³/mol. The lowest BCUT2D eigenvalue weighted by molar-refractivity contribution is 0.102. The van der Waals surface area contributed by atoms with E-state index in [0.29, 0.717) is 16.5 Å². The number of pyridine rings is 2. The van der Waals surface area contributed by atoms with Crippen LogP contribution in [0.1, 0.15) is 29.4 Å². The van der Waals surface area contributed by atoms with Crippen LogP contribution in [0.5, 0.6) is 0 Å². The first-order valence-electron chi connectivity index (χ1n) is 6.18. The van der Waals surface area contributed by atoms with Gasteiger partial charge in [0.2, 0.25) is 0 Å². The van der Waals surface area contributed by atoms with Crippen LogP contribution < -0.4 is 5.32 Å². The van der Waals surface area contributed by atoms with Crippen molar-refractivity contribution in [2.45, 2.75) is 19.8 Å². The van der Waals surface area contributed by atoms with Gasteiger partial charge in [0.05, 0.1) is 0 Å². The predicted octanol–water partition coefficient (Wildman–Crippen LogP) is 3.94. The number of nitrogens with zero attached hydrogens (tertiary/aromatic N) is 2. The van der Waals surface area contributed by atoms with E-state index in [4.69, 9.17) is 11.6 Å². The van der Waals surface area contributed by atoms with Crippen LogP contribution in [0.25, 0.3) is 0 Å². The van der Waals surface area contributed by atoms with E-state index in [-0.39, 0.29) is 5.91 Å². The minimum Gasteiger partial charge on any atom is -0.307 e. The summed E-state index contributed by atoms with van der Waals surface area (Å²) in [6.45, 7) is 2.05. The summed E-state index contributed by atoms with van der Waals surface area (Å²) in [6.07, 6.45) is 3.44. The van der Waals surface area contributed by atoms with Crippen LogP contribution in [0.4, 0.5) is 5.82 Å². The Morgan fingerprint density at radius 3 is 2.85 bits per heavy atom. The fourth-order valence-electron chi connectivity index (χ4n) is 1.70. The molecule has 0 fully saturated rings. The van der Waals surface area contributed by atoms with Crippen molar-refractivity contribution in [3.05, 3.63) is 50.4 Å². The lowest BCUT2D eigenvalue weighted by Crippen LogP contribution is -2.13. The van der Waals surface area contributed by atoms with Crippen LogP contribution in [-0.4, -0.2) is 15.9 Å². The topological polar surface area (TPSA) is 54.9 Å². The van der Waals surface area contributed by atoms with Crippen LogP contribution in [-0.2, 0) is 6.42 Å². The number of hydrogen-bond donors (Lipinski definition) is 1. The SMILES string of the molecule is CCCc1cc(C(=O)Nc2ccc(I)cn2)cc(Cl)n1. The molecular formula is C14H13ClIN3O. The molecule has 0 aliphatic rings. The van der Waals surface area contributed by atoms with Crippen LogP contribution in [0.3, 0.4) is 0 Å². The fourth-order valence-corrected chi connectivity index (χ4v) is 2.25. The van der Waals surface area contributed by atoms with Gasteiger partial charge in [-0.05, 0) is 53.3 Å².